The smallest absolute Gasteiger partial charge is 0.124 e. The first-order valence-electron chi connectivity index (χ1n) is 11.4. The lowest BCUT2D eigenvalue weighted by Crippen LogP contribution is -2.17. The second-order valence-electron chi connectivity index (χ2n) is 11.0. The molecule has 0 bridgehead atoms. The van der Waals surface area contributed by atoms with Crippen molar-refractivity contribution in [2.75, 3.05) is 0 Å². The second kappa shape index (κ2) is 8.91. The van der Waals surface area contributed by atoms with Gasteiger partial charge < -0.3 is 4.74 Å². The van der Waals surface area contributed by atoms with Gasteiger partial charge in [0.05, 0.1) is 0 Å². The van der Waals surface area contributed by atoms with Crippen molar-refractivity contribution in [3.8, 4) is 16.9 Å². The van der Waals surface area contributed by atoms with Gasteiger partial charge in [-0.15, -0.1) is 0 Å². The molecule has 0 fully saturated rings. The molecule has 0 heterocycles. The Bertz CT molecular complexity index is 976. The topological polar surface area (TPSA) is 9.23 Å². The van der Waals surface area contributed by atoms with Crippen molar-refractivity contribution in [3.05, 3.63) is 89.0 Å². The van der Waals surface area contributed by atoms with Gasteiger partial charge in [-0.2, -0.15) is 0 Å². The molecule has 0 saturated heterocycles. The van der Waals surface area contributed by atoms with Gasteiger partial charge in [-0.1, -0.05) is 96.1 Å². The van der Waals surface area contributed by atoms with Crippen LogP contribution < -0.4 is 4.74 Å². The predicted molar refractivity (Wildman–Crippen MR) is 134 cm³/mol. The summed E-state index contributed by atoms with van der Waals surface area (Å²) >= 11 is 0. The highest BCUT2D eigenvalue weighted by Crippen LogP contribution is 2.37. The Kier molecular flexibility index (Phi) is 6.65. The summed E-state index contributed by atoms with van der Waals surface area (Å²) in [5, 5.41) is 0. The summed E-state index contributed by atoms with van der Waals surface area (Å²) in [6, 6.07) is 24.0. The lowest BCUT2D eigenvalue weighted by molar-refractivity contribution is 0.145. The van der Waals surface area contributed by atoms with Crippen LogP contribution in [-0.2, 0) is 5.41 Å². The first kappa shape index (κ1) is 23.1. The van der Waals surface area contributed by atoms with Crippen molar-refractivity contribution in [3.63, 3.8) is 0 Å². The minimum absolute atomic E-state index is 0.0388. The molecule has 0 radical (unpaired) electrons. The summed E-state index contributed by atoms with van der Waals surface area (Å²) < 4.78 is 6.59. The highest BCUT2D eigenvalue weighted by Gasteiger charge is 2.22. The zero-order chi connectivity index (χ0) is 22.8. The van der Waals surface area contributed by atoms with Gasteiger partial charge in [0.15, 0.2) is 0 Å². The first-order valence-corrected chi connectivity index (χ1v) is 11.4. The van der Waals surface area contributed by atoms with Gasteiger partial charge in [-0.05, 0) is 76.6 Å². The van der Waals surface area contributed by atoms with Gasteiger partial charge in [0.1, 0.15) is 11.9 Å². The number of hydrogen-bond donors (Lipinski definition) is 0. The Labute approximate surface area is 189 Å². The van der Waals surface area contributed by atoms with Crippen LogP contribution in [0.15, 0.2) is 66.7 Å². The maximum Gasteiger partial charge on any atom is 0.124 e. The zero-order valence-electron chi connectivity index (χ0n) is 20.5. The zero-order valence-corrected chi connectivity index (χ0v) is 20.5. The standard InChI is InChI=1S/C30H38O/c1-21-18-26(31-27(20-29(3,4)5)23-12-10-9-11-13-23)19-22(2)28(21)24-14-16-25(17-15-24)30(6,7)8/h9-19,27H,20H2,1-8H3. The van der Waals surface area contributed by atoms with E-state index in [1.807, 2.05) is 0 Å². The Hall–Kier alpha value is -2.54. The molecule has 3 aromatic rings. The molecule has 0 aliphatic rings. The average Bonchev–Trinajstić information content (AvgIpc) is 2.66. The number of hydrogen-bond acceptors (Lipinski definition) is 1. The van der Waals surface area contributed by atoms with Crippen LogP contribution in [0.1, 0.15) is 76.3 Å². The summed E-state index contributed by atoms with van der Waals surface area (Å²) in [5.74, 6) is 0.947. The van der Waals surface area contributed by atoms with Gasteiger partial charge in [0.2, 0.25) is 0 Å². The van der Waals surface area contributed by atoms with Crippen molar-refractivity contribution in [2.45, 2.75) is 73.3 Å². The Morgan fingerprint density at radius 3 is 1.77 bits per heavy atom. The van der Waals surface area contributed by atoms with Crippen LogP contribution in [0.2, 0.25) is 0 Å². The highest BCUT2D eigenvalue weighted by molar-refractivity contribution is 5.72. The molecule has 1 unspecified atom stereocenters. The van der Waals surface area contributed by atoms with Gasteiger partial charge in [-0.25, -0.2) is 0 Å². The van der Waals surface area contributed by atoms with Crippen molar-refractivity contribution < 1.29 is 4.74 Å². The van der Waals surface area contributed by atoms with Crippen molar-refractivity contribution in [1.82, 2.24) is 0 Å². The van der Waals surface area contributed by atoms with E-state index in [4.69, 9.17) is 4.74 Å². The number of rotatable bonds is 5. The van der Waals surface area contributed by atoms with E-state index in [1.54, 1.807) is 0 Å². The number of aryl methyl sites for hydroxylation is 2. The van der Waals surface area contributed by atoms with Gasteiger partial charge in [0, 0.05) is 0 Å². The summed E-state index contributed by atoms with van der Waals surface area (Å²) in [6.45, 7) is 18.0. The summed E-state index contributed by atoms with van der Waals surface area (Å²) in [7, 11) is 0. The molecule has 1 heteroatoms. The molecule has 1 nitrogen and oxygen atoms in total. The maximum atomic E-state index is 6.59. The molecule has 0 spiro atoms. The normalized spacial score (nSPS) is 13.2. The van der Waals surface area contributed by atoms with Gasteiger partial charge >= 0.3 is 0 Å². The molecule has 164 valence electrons. The second-order valence-corrected chi connectivity index (χ2v) is 11.0. The fraction of sp³-hybridized carbons (Fsp3) is 0.400. The molecule has 0 aromatic heterocycles. The molecular weight excluding hydrogens is 376 g/mol. The van der Waals surface area contributed by atoms with E-state index in [-0.39, 0.29) is 16.9 Å². The van der Waals surface area contributed by atoms with E-state index in [1.165, 1.54) is 33.4 Å². The quantitative estimate of drug-likeness (QED) is 0.405. The summed E-state index contributed by atoms with van der Waals surface area (Å²) in [5.41, 5.74) is 8.01. The third-order valence-corrected chi connectivity index (χ3v) is 5.79. The minimum Gasteiger partial charge on any atom is -0.486 e. The SMILES string of the molecule is Cc1cc(OC(CC(C)(C)C)c2ccccc2)cc(C)c1-c1ccc(C(C)(C)C)cc1. The minimum atomic E-state index is 0.0388. The summed E-state index contributed by atoms with van der Waals surface area (Å²) in [6.07, 6.45) is 1.00. The van der Waals surface area contributed by atoms with Crippen molar-refractivity contribution in [2.24, 2.45) is 5.41 Å². The molecule has 31 heavy (non-hydrogen) atoms. The predicted octanol–water partition coefficient (Wildman–Crippen LogP) is 8.82. The fourth-order valence-electron chi connectivity index (χ4n) is 4.20. The Morgan fingerprint density at radius 1 is 0.742 bits per heavy atom. The lowest BCUT2D eigenvalue weighted by atomic mass is 9.85. The van der Waals surface area contributed by atoms with E-state index in [9.17, 15) is 0 Å². The molecule has 1 atom stereocenters. The van der Waals surface area contributed by atoms with Crippen LogP contribution in [-0.4, -0.2) is 0 Å². The molecule has 3 rings (SSSR count). The Morgan fingerprint density at radius 2 is 1.29 bits per heavy atom. The Balaban J connectivity index is 1.91. The van der Waals surface area contributed by atoms with Gasteiger partial charge in [0.25, 0.3) is 0 Å². The monoisotopic (exact) mass is 414 g/mol. The van der Waals surface area contributed by atoms with Gasteiger partial charge in [-0.3, -0.25) is 0 Å². The van der Waals surface area contributed by atoms with Crippen LogP contribution in [0.4, 0.5) is 0 Å². The van der Waals surface area contributed by atoms with E-state index >= 15 is 0 Å². The highest BCUT2D eigenvalue weighted by atomic mass is 16.5. The number of ether oxygens (including phenoxy) is 1. The third kappa shape index (κ3) is 6.00. The van der Waals surface area contributed by atoms with Crippen LogP contribution in [0.3, 0.4) is 0 Å². The van der Waals surface area contributed by atoms with E-state index < -0.39 is 0 Å². The molecule has 0 saturated carbocycles. The van der Waals surface area contributed by atoms with E-state index in [2.05, 4.69) is 122 Å². The third-order valence-electron chi connectivity index (χ3n) is 5.79. The molecule has 0 N–H and O–H groups in total. The molecular formula is C30H38O. The molecule has 0 amide bonds. The lowest BCUT2D eigenvalue weighted by Gasteiger charge is -2.28. The van der Waals surface area contributed by atoms with Crippen LogP contribution in [0.25, 0.3) is 11.1 Å². The van der Waals surface area contributed by atoms with Crippen molar-refractivity contribution >= 4 is 0 Å². The van der Waals surface area contributed by atoms with E-state index in [0.29, 0.717) is 0 Å². The molecule has 3 aromatic carbocycles. The maximum absolute atomic E-state index is 6.59. The molecule has 0 aliphatic carbocycles. The van der Waals surface area contributed by atoms with Crippen LogP contribution in [0, 0.1) is 19.3 Å². The fourth-order valence-corrected chi connectivity index (χ4v) is 4.20. The van der Waals surface area contributed by atoms with Crippen LogP contribution in [0.5, 0.6) is 5.75 Å². The van der Waals surface area contributed by atoms with Crippen LogP contribution >= 0.6 is 0 Å². The van der Waals surface area contributed by atoms with Crippen molar-refractivity contribution in [1.29, 1.82) is 0 Å². The average molecular weight is 415 g/mol. The first-order chi connectivity index (χ1) is 14.4. The molecule has 0 aliphatic heterocycles. The van der Waals surface area contributed by atoms with E-state index in [0.717, 1.165) is 12.2 Å². The number of benzene rings is 3. The largest absolute Gasteiger partial charge is 0.486 e. The summed E-state index contributed by atoms with van der Waals surface area (Å²) in [4.78, 5) is 0.